The van der Waals surface area contributed by atoms with Gasteiger partial charge in [0.25, 0.3) is 0 Å². The summed E-state index contributed by atoms with van der Waals surface area (Å²) >= 11 is 0. The van der Waals surface area contributed by atoms with E-state index in [9.17, 15) is 4.79 Å². The van der Waals surface area contributed by atoms with Gasteiger partial charge in [-0.15, -0.1) is 0 Å². The maximum absolute atomic E-state index is 11.7. The number of amides is 1. The molecule has 1 aromatic rings. The van der Waals surface area contributed by atoms with Gasteiger partial charge in [-0.3, -0.25) is 4.79 Å². The van der Waals surface area contributed by atoms with Crippen LogP contribution in [-0.4, -0.2) is 37.4 Å². The molecule has 1 aromatic carbocycles. The maximum atomic E-state index is 11.7. The van der Waals surface area contributed by atoms with Crippen LogP contribution in [0.4, 0.5) is 0 Å². The first-order chi connectivity index (χ1) is 9.63. The number of aliphatic imine (C=N–C) groups is 1. The third-order valence-corrected chi connectivity index (χ3v) is 4.07. The van der Waals surface area contributed by atoms with Crippen LogP contribution < -0.4 is 9.47 Å². The number of carbonyl (C=O) groups is 1. The van der Waals surface area contributed by atoms with Crippen LogP contribution in [0.5, 0.6) is 11.5 Å². The molecule has 2 aliphatic heterocycles. The van der Waals surface area contributed by atoms with Gasteiger partial charge in [0.2, 0.25) is 5.91 Å². The van der Waals surface area contributed by atoms with Gasteiger partial charge in [-0.1, -0.05) is 0 Å². The molecule has 0 saturated heterocycles. The van der Waals surface area contributed by atoms with Crippen molar-refractivity contribution in [2.75, 3.05) is 20.8 Å². The lowest BCUT2D eigenvalue weighted by atomic mass is 9.89. The van der Waals surface area contributed by atoms with E-state index in [0.29, 0.717) is 12.2 Å². The Morgan fingerprint density at radius 1 is 1.25 bits per heavy atom. The van der Waals surface area contributed by atoms with Crippen molar-refractivity contribution in [2.45, 2.75) is 25.8 Å². The van der Waals surface area contributed by atoms with Gasteiger partial charge < -0.3 is 14.4 Å². The Morgan fingerprint density at radius 3 is 2.65 bits per heavy atom. The molecule has 1 atom stereocenters. The molecule has 0 saturated carbocycles. The second-order valence-corrected chi connectivity index (χ2v) is 5.12. The summed E-state index contributed by atoms with van der Waals surface area (Å²) < 4.78 is 10.7. The van der Waals surface area contributed by atoms with Crippen LogP contribution in [-0.2, 0) is 11.2 Å². The Bertz CT molecular complexity index is 595. The molecule has 5 heteroatoms. The lowest BCUT2D eigenvalue weighted by Gasteiger charge is -2.40. The Morgan fingerprint density at radius 2 is 1.95 bits per heavy atom. The number of fused-ring (bicyclic) bond motifs is 3. The predicted molar refractivity (Wildman–Crippen MR) is 75.4 cm³/mol. The molecule has 0 aromatic heterocycles. The predicted octanol–water partition coefficient (Wildman–Crippen LogP) is 1.95. The van der Waals surface area contributed by atoms with E-state index < -0.39 is 0 Å². The van der Waals surface area contributed by atoms with Gasteiger partial charge in [-0.2, -0.15) is 0 Å². The molecule has 20 heavy (non-hydrogen) atoms. The molecule has 0 bridgehead atoms. The molecule has 0 fully saturated rings. The van der Waals surface area contributed by atoms with Crippen LogP contribution in [0.2, 0.25) is 0 Å². The van der Waals surface area contributed by atoms with Crippen molar-refractivity contribution in [3.63, 3.8) is 0 Å². The van der Waals surface area contributed by atoms with Crippen molar-refractivity contribution in [1.82, 2.24) is 4.90 Å². The minimum absolute atomic E-state index is 0.0496. The fourth-order valence-corrected chi connectivity index (χ4v) is 3.09. The van der Waals surface area contributed by atoms with Crippen LogP contribution in [0, 0.1) is 0 Å². The van der Waals surface area contributed by atoms with E-state index in [-0.39, 0.29) is 11.9 Å². The van der Waals surface area contributed by atoms with Gasteiger partial charge >= 0.3 is 0 Å². The molecule has 1 unspecified atom stereocenters. The Hall–Kier alpha value is -2.04. The average molecular weight is 274 g/mol. The summed E-state index contributed by atoms with van der Waals surface area (Å²) in [7, 11) is 3.27. The number of benzene rings is 1. The van der Waals surface area contributed by atoms with E-state index in [1.807, 2.05) is 19.1 Å². The fraction of sp³-hybridized carbons (Fsp3) is 0.467. The molecule has 106 valence electrons. The van der Waals surface area contributed by atoms with Crippen LogP contribution in [0.3, 0.4) is 0 Å². The van der Waals surface area contributed by atoms with E-state index in [0.717, 1.165) is 30.1 Å². The number of rotatable bonds is 2. The van der Waals surface area contributed by atoms with Crippen molar-refractivity contribution < 1.29 is 14.3 Å². The average Bonchev–Trinajstić information content (AvgIpc) is 2.45. The van der Waals surface area contributed by atoms with Crippen LogP contribution in [0.1, 0.15) is 30.5 Å². The van der Waals surface area contributed by atoms with Crippen molar-refractivity contribution in [2.24, 2.45) is 4.99 Å². The number of hydrogen-bond acceptors (Lipinski definition) is 4. The first-order valence-corrected chi connectivity index (χ1v) is 6.73. The number of methoxy groups -OCH3 is 2. The van der Waals surface area contributed by atoms with Crippen LogP contribution in [0.15, 0.2) is 17.1 Å². The van der Waals surface area contributed by atoms with Crippen molar-refractivity contribution in [3.05, 3.63) is 23.3 Å². The molecule has 1 amide bonds. The minimum atomic E-state index is -0.0496. The quantitative estimate of drug-likeness (QED) is 0.827. The van der Waals surface area contributed by atoms with Gasteiger partial charge in [-0.25, -0.2) is 4.99 Å². The monoisotopic (exact) mass is 274 g/mol. The summed E-state index contributed by atoms with van der Waals surface area (Å²) in [5.74, 6) is 2.21. The third-order valence-electron chi connectivity index (χ3n) is 4.07. The van der Waals surface area contributed by atoms with Gasteiger partial charge in [0, 0.05) is 6.54 Å². The molecule has 0 radical (unpaired) electrons. The van der Waals surface area contributed by atoms with E-state index >= 15 is 0 Å². The molecular formula is C15H18N2O3. The SMILES string of the molecule is COc1cc2c(cc1OC)C1CC(=O)N=C(C)N1CC2. The highest BCUT2D eigenvalue weighted by molar-refractivity contribution is 5.96. The van der Waals surface area contributed by atoms with Crippen molar-refractivity contribution in [3.8, 4) is 11.5 Å². The van der Waals surface area contributed by atoms with Crippen LogP contribution >= 0.6 is 0 Å². The number of nitrogens with zero attached hydrogens (tertiary/aromatic N) is 2. The highest BCUT2D eigenvalue weighted by Gasteiger charge is 2.34. The zero-order chi connectivity index (χ0) is 14.3. The van der Waals surface area contributed by atoms with E-state index in [1.54, 1.807) is 14.2 Å². The second-order valence-electron chi connectivity index (χ2n) is 5.12. The molecule has 3 rings (SSSR count). The Kier molecular flexibility index (Phi) is 3.12. The summed E-state index contributed by atoms with van der Waals surface area (Å²) in [5, 5.41) is 0. The van der Waals surface area contributed by atoms with E-state index in [1.165, 1.54) is 5.56 Å². The first-order valence-electron chi connectivity index (χ1n) is 6.73. The van der Waals surface area contributed by atoms with Crippen molar-refractivity contribution in [1.29, 1.82) is 0 Å². The smallest absolute Gasteiger partial charge is 0.249 e. The zero-order valence-electron chi connectivity index (χ0n) is 12.0. The number of amidine groups is 1. The molecule has 2 aliphatic rings. The summed E-state index contributed by atoms with van der Waals surface area (Å²) in [5.41, 5.74) is 2.38. The Balaban J connectivity index is 2.08. The summed E-state index contributed by atoms with van der Waals surface area (Å²) in [6, 6.07) is 4.09. The minimum Gasteiger partial charge on any atom is -0.493 e. The molecule has 2 heterocycles. The molecule has 0 spiro atoms. The molecule has 0 aliphatic carbocycles. The van der Waals surface area contributed by atoms with E-state index in [2.05, 4.69) is 9.89 Å². The summed E-state index contributed by atoms with van der Waals surface area (Å²) in [6.45, 7) is 2.78. The normalized spacial score (nSPS) is 20.9. The standard InChI is InChI=1S/C15H18N2O3/c1-9-16-15(18)8-12-11-7-14(20-3)13(19-2)6-10(11)4-5-17(9)12/h6-7,12H,4-5,8H2,1-3H3. The van der Waals surface area contributed by atoms with Crippen LogP contribution in [0.25, 0.3) is 0 Å². The van der Waals surface area contributed by atoms with Gasteiger partial charge in [0.1, 0.15) is 5.84 Å². The van der Waals surface area contributed by atoms with E-state index in [4.69, 9.17) is 9.47 Å². The first kappa shape index (κ1) is 13.0. The summed E-state index contributed by atoms with van der Waals surface area (Å²) in [4.78, 5) is 18.0. The number of carbonyl (C=O) groups excluding carboxylic acids is 1. The number of hydrogen-bond donors (Lipinski definition) is 0. The van der Waals surface area contributed by atoms with Gasteiger partial charge in [0.15, 0.2) is 11.5 Å². The fourth-order valence-electron chi connectivity index (χ4n) is 3.09. The molecule has 5 nitrogen and oxygen atoms in total. The lowest BCUT2D eigenvalue weighted by molar-refractivity contribution is -0.119. The second kappa shape index (κ2) is 4.81. The molecule has 0 N–H and O–H groups in total. The topological polar surface area (TPSA) is 51.1 Å². The molecular weight excluding hydrogens is 256 g/mol. The van der Waals surface area contributed by atoms with Gasteiger partial charge in [0.05, 0.1) is 26.7 Å². The van der Waals surface area contributed by atoms with Crippen molar-refractivity contribution >= 4 is 11.7 Å². The third kappa shape index (κ3) is 1.94. The maximum Gasteiger partial charge on any atom is 0.249 e. The summed E-state index contributed by atoms with van der Waals surface area (Å²) in [6.07, 6.45) is 1.35. The largest absolute Gasteiger partial charge is 0.493 e. The zero-order valence-corrected chi connectivity index (χ0v) is 12.0. The lowest BCUT2D eigenvalue weighted by Crippen LogP contribution is -2.42. The highest BCUT2D eigenvalue weighted by Crippen LogP contribution is 2.40. The number of ether oxygens (including phenoxy) is 2. The Labute approximate surface area is 118 Å². The highest BCUT2D eigenvalue weighted by atomic mass is 16.5. The van der Waals surface area contributed by atoms with Gasteiger partial charge in [-0.05, 0) is 36.6 Å².